The van der Waals surface area contributed by atoms with Crippen molar-refractivity contribution in [3.8, 4) is 17.2 Å². The molecule has 2 heterocycles. The number of amides is 1. The Labute approximate surface area is 182 Å². The van der Waals surface area contributed by atoms with Gasteiger partial charge in [0.05, 0.1) is 26.8 Å². The maximum absolute atomic E-state index is 13.1. The molecule has 2 aromatic carbocycles. The van der Waals surface area contributed by atoms with Gasteiger partial charge >= 0.3 is 0 Å². The van der Waals surface area contributed by atoms with Crippen LogP contribution in [0.2, 0.25) is 0 Å². The molecule has 7 heteroatoms. The molecule has 4 rings (SSSR count). The molecule has 0 radical (unpaired) electrons. The molecule has 7 nitrogen and oxygen atoms in total. The average molecular weight is 421 g/mol. The van der Waals surface area contributed by atoms with E-state index in [9.17, 15) is 4.79 Å². The lowest BCUT2D eigenvalue weighted by Gasteiger charge is -2.35. The molecule has 0 N–H and O–H groups in total. The first-order chi connectivity index (χ1) is 15.0. The Hall–Kier alpha value is -3.48. The number of aromatic nitrogens is 1. The standard InChI is InChI=1S/C24H27N3O4/c1-16-13-22(25-19-8-6-5-7-18(16)19)26-9-11-27(12-10-26)24(28)17-14-20(29-2)23(31-4)21(15-17)30-3/h5-8,13-15H,9-12H2,1-4H3. The van der Waals surface area contributed by atoms with E-state index in [1.54, 1.807) is 33.5 Å². The highest BCUT2D eigenvalue weighted by atomic mass is 16.5. The zero-order valence-corrected chi connectivity index (χ0v) is 18.3. The predicted octanol–water partition coefficient (Wildman–Crippen LogP) is 3.53. The van der Waals surface area contributed by atoms with Crippen molar-refractivity contribution in [1.82, 2.24) is 9.88 Å². The number of carbonyl (C=O) groups excluding carboxylic acids is 1. The highest BCUT2D eigenvalue weighted by Crippen LogP contribution is 2.38. The van der Waals surface area contributed by atoms with Crippen molar-refractivity contribution in [3.05, 3.63) is 53.6 Å². The van der Waals surface area contributed by atoms with E-state index in [0.29, 0.717) is 35.9 Å². The van der Waals surface area contributed by atoms with Crippen LogP contribution >= 0.6 is 0 Å². The van der Waals surface area contributed by atoms with Crippen LogP contribution in [0.1, 0.15) is 15.9 Å². The third-order valence-corrected chi connectivity index (χ3v) is 5.71. The molecule has 1 amide bonds. The molecule has 0 saturated carbocycles. The topological polar surface area (TPSA) is 64.1 Å². The summed E-state index contributed by atoms with van der Waals surface area (Å²) in [6, 6.07) is 13.7. The number of para-hydroxylation sites is 1. The third-order valence-electron chi connectivity index (χ3n) is 5.71. The zero-order chi connectivity index (χ0) is 22.0. The quantitative estimate of drug-likeness (QED) is 0.628. The van der Waals surface area contributed by atoms with Crippen LogP contribution in [0.3, 0.4) is 0 Å². The maximum Gasteiger partial charge on any atom is 0.254 e. The second kappa shape index (κ2) is 8.71. The van der Waals surface area contributed by atoms with E-state index in [4.69, 9.17) is 19.2 Å². The van der Waals surface area contributed by atoms with Gasteiger partial charge in [-0.25, -0.2) is 4.98 Å². The van der Waals surface area contributed by atoms with E-state index < -0.39 is 0 Å². The van der Waals surface area contributed by atoms with E-state index in [1.807, 2.05) is 23.1 Å². The number of benzene rings is 2. The van der Waals surface area contributed by atoms with Gasteiger partial charge in [-0.15, -0.1) is 0 Å². The minimum atomic E-state index is -0.0541. The van der Waals surface area contributed by atoms with Crippen LogP contribution in [0.15, 0.2) is 42.5 Å². The van der Waals surface area contributed by atoms with Crippen LogP contribution in [-0.4, -0.2) is 63.3 Å². The fourth-order valence-corrected chi connectivity index (χ4v) is 4.02. The van der Waals surface area contributed by atoms with Gasteiger partial charge in [-0.3, -0.25) is 4.79 Å². The van der Waals surface area contributed by atoms with Crippen LogP contribution in [0, 0.1) is 6.92 Å². The summed E-state index contributed by atoms with van der Waals surface area (Å²) in [4.78, 5) is 22.1. The van der Waals surface area contributed by atoms with Crippen molar-refractivity contribution in [2.45, 2.75) is 6.92 Å². The first-order valence-corrected chi connectivity index (χ1v) is 10.3. The summed E-state index contributed by atoms with van der Waals surface area (Å²) in [5.74, 6) is 2.32. The summed E-state index contributed by atoms with van der Waals surface area (Å²) in [6.45, 7) is 4.78. The number of pyridine rings is 1. The zero-order valence-electron chi connectivity index (χ0n) is 18.3. The molecule has 0 atom stereocenters. The highest BCUT2D eigenvalue weighted by molar-refractivity contribution is 5.96. The van der Waals surface area contributed by atoms with Crippen molar-refractivity contribution < 1.29 is 19.0 Å². The number of rotatable bonds is 5. The fraction of sp³-hybridized carbons (Fsp3) is 0.333. The molecule has 162 valence electrons. The van der Waals surface area contributed by atoms with Crippen molar-refractivity contribution in [2.75, 3.05) is 52.4 Å². The average Bonchev–Trinajstić information content (AvgIpc) is 2.82. The van der Waals surface area contributed by atoms with E-state index in [0.717, 1.165) is 24.4 Å². The van der Waals surface area contributed by atoms with Crippen molar-refractivity contribution in [2.24, 2.45) is 0 Å². The van der Waals surface area contributed by atoms with E-state index >= 15 is 0 Å². The van der Waals surface area contributed by atoms with Crippen molar-refractivity contribution in [3.63, 3.8) is 0 Å². The molecule has 1 aliphatic rings. The first-order valence-electron chi connectivity index (χ1n) is 10.3. The number of nitrogens with zero attached hydrogens (tertiary/aromatic N) is 3. The highest BCUT2D eigenvalue weighted by Gasteiger charge is 2.25. The number of hydrogen-bond donors (Lipinski definition) is 0. The van der Waals surface area contributed by atoms with Crippen molar-refractivity contribution in [1.29, 1.82) is 0 Å². The van der Waals surface area contributed by atoms with Gasteiger partial charge in [0.1, 0.15) is 5.82 Å². The summed E-state index contributed by atoms with van der Waals surface area (Å²) in [5.41, 5.74) is 2.72. The molecule has 1 aliphatic heterocycles. The number of ether oxygens (including phenoxy) is 3. The largest absolute Gasteiger partial charge is 0.493 e. The van der Waals surface area contributed by atoms with Gasteiger partial charge in [0, 0.05) is 37.1 Å². The number of fused-ring (bicyclic) bond motifs is 1. The molecular weight excluding hydrogens is 394 g/mol. The van der Waals surface area contributed by atoms with Crippen LogP contribution < -0.4 is 19.1 Å². The first kappa shape index (κ1) is 20.8. The van der Waals surface area contributed by atoms with Gasteiger partial charge < -0.3 is 24.0 Å². The van der Waals surface area contributed by atoms with Gasteiger partial charge in [-0.2, -0.15) is 0 Å². The molecule has 3 aromatic rings. The normalized spacial score (nSPS) is 13.9. The van der Waals surface area contributed by atoms with E-state index in [1.165, 1.54) is 10.9 Å². The van der Waals surface area contributed by atoms with Crippen LogP contribution in [0.25, 0.3) is 10.9 Å². The number of aryl methyl sites for hydroxylation is 1. The minimum absolute atomic E-state index is 0.0541. The number of anilines is 1. The van der Waals surface area contributed by atoms with Gasteiger partial charge in [0.25, 0.3) is 5.91 Å². The second-order valence-corrected chi connectivity index (χ2v) is 7.51. The lowest BCUT2D eigenvalue weighted by molar-refractivity contribution is 0.0745. The Morgan fingerprint density at radius 2 is 1.55 bits per heavy atom. The number of methoxy groups -OCH3 is 3. The Morgan fingerprint density at radius 1 is 0.903 bits per heavy atom. The SMILES string of the molecule is COc1cc(C(=O)N2CCN(c3cc(C)c4ccccc4n3)CC2)cc(OC)c1OC. The summed E-state index contributed by atoms with van der Waals surface area (Å²) < 4.78 is 16.1. The van der Waals surface area contributed by atoms with E-state index in [-0.39, 0.29) is 5.91 Å². The van der Waals surface area contributed by atoms with Gasteiger partial charge in [-0.1, -0.05) is 18.2 Å². The molecule has 1 fully saturated rings. The van der Waals surface area contributed by atoms with Crippen LogP contribution in [-0.2, 0) is 0 Å². The molecule has 1 saturated heterocycles. The summed E-state index contributed by atoms with van der Waals surface area (Å²) in [6.07, 6.45) is 0. The predicted molar refractivity (Wildman–Crippen MR) is 121 cm³/mol. The summed E-state index contributed by atoms with van der Waals surface area (Å²) in [5, 5.41) is 1.17. The molecule has 1 aromatic heterocycles. The Morgan fingerprint density at radius 3 is 2.16 bits per heavy atom. The molecule has 0 aliphatic carbocycles. The molecule has 31 heavy (non-hydrogen) atoms. The minimum Gasteiger partial charge on any atom is -0.493 e. The Kier molecular flexibility index (Phi) is 5.84. The van der Waals surface area contributed by atoms with E-state index in [2.05, 4.69) is 24.0 Å². The Bertz CT molecular complexity index is 1080. The summed E-state index contributed by atoms with van der Waals surface area (Å²) >= 11 is 0. The summed E-state index contributed by atoms with van der Waals surface area (Å²) in [7, 11) is 4.63. The van der Waals surface area contributed by atoms with Gasteiger partial charge in [0.15, 0.2) is 11.5 Å². The number of carbonyl (C=O) groups is 1. The number of piperazine rings is 1. The van der Waals surface area contributed by atoms with Gasteiger partial charge in [0.2, 0.25) is 5.75 Å². The lowest BCUT2D eigenvalue weighted by Crippen LogP contribution is -2.49. The molecule has 0 bridgehead atoms. The molecule has 0 spiro atoms. The molecule has 0 unspecified atom stereocenters. The Balaban J connectivity index is 1.51. The third kappa shape index (κ3) is 3.95. The van der Waals surface area contributed by atoms with Gasteiger partial charge in [-0.05, 0) is 36.8 Å². The maximum atomic E-state index is 13.1. The fourth-order valence-electron chi connectivity index (χ4n) is 4.02. The second-order valence-electron chi connectivity index (χ2n) is 7.51. The molecular formula is C24H27N3O4. The smallest absolute Gasteiger partial charge is 0.254 e. The monoisotopic (exact) mass is 421 g/mol. The van der Waals surface area contributed by atoms with Crippen LogP contribution in [0.5, 0.6) is 17.2 Å². The van der Waals surface area contributed by atoms with Crippen molar-refractivity contribution >= 4 is 22.6 Å². The number of hydrogen-bond acceptors (Lipinski definition) is 6. The lowest BCUT2D eigenvalue weighted by atomic mass is 10.1. The van der Waals surface area contributed by atoms with Crippen LogP contribution in [0.4, 0.5) is 5.82 Å².